The molecule has 1 rings (SSSR count). The van der Waals surface area contributed by atoms with Crippen LogP contribution in [0.5, 0.6) is 5.75 Å². The average Bonchev–Trinajstić information content (AvgIpc) is 2.31. The highest BCUT2D eigenvalue weighted by atomic mass is 19.3. The summed E-state index contributed by atoms with van der Waals surface area (Å²) in [5, 5.41) is 8.76. The SMILES string of the molecule is Nc1ccc(OCCN(CCO)CC(F)F)cc1. The highest BCUT2D eigenvalue weighted by Gasteiger charge is 2.11. The molecule has 0 radical (unpaired) electrons. The second kappa shape index (κ2) is 7.84. The third kappa shape index (κ3) is 5.79. The van der Waals surface area contributed by atoms with Crippen LogP contribution >= 0.6 is 0 Å². The highest BCUT2D eigenvalue weighted by molar-refractivity contribution is 5.41. The molecule has 0 amide bonds. The zero-order valence-electron chi connectivity index (χ0n) is 10.1. The molecular weight excluding hydrogens is 242 g/mol. The van der Waals surface area contributed by atoms with E-state index in [2.05, 4.69) is 0 Å². The van der Waals surface area contributed by atoms with Crippen molar-refractivity contribution in [2.24, 2.45) is 0 Å². The number of rotatable bonds is 8. The Morgan fingerprint density at radius 1 is 1.22 bits per heavy atom. The molecule has 18 heavy (non-hydrogen) atoms. The number of nitrogens with two attached hydrogens (primary N) is 1. The van der Waals surface area contributed by atoms with Crippen LogP contribution in [0.25, 0.3) is 0 Å². The topological polar surface area (TPSA) is 58.7 Å². The van der Waals surface area contributed by atoms with Crippen LogP contribution in [0.2, 0.25) is 0 Å². The number of aliphatic hydroxyl groups is 1. The number of aliphatic hydroxyl groups excluding tert-OH is 1. The lowest BCUT2D eigenvalue weighted by atomic mass is 10.3. The van der Waals surface area contributed by atoms with Crippen LogP contribution in [0.1, 0.15) is 0 Å². The molecule has 0 atom stereocenters. The van der Waals surface area contributed by atoms with Gasteiger partial charge in [0.05, 0.1) is 13.2 Å². The minimum Gasteiger partial charge on any atom is -0.492 e. The number of hydrogen-bond donors (Lipinski definition) is 2. The van der Waals surface area contributed by atoms with E-state index < -0.39 is 6.43 Å². The van der Waals surface area contributed by atoms with Crippen molar-refractivity contribution in [3.8, 4) is 5.75 Å². The summed E-state index contributed by atoms with van der Waals surface area (Å²) in [6.07, 6.45) is -2.41. The van der Waals surface area contributed by atoms with Crippen molar-refractivity contribution < 1.29 is 18.6 Å². The van der Waals surface area contributed by atoms with Crippen molar-refractivity contribution in [2.75, 3.05) is 38.6 Å². The summed E-state index contributed by atoms with van der Waals surface area (Å²) < 4.78 is 29.8. The molecule has 0 spiro atoms. The first-order valence-corrected chi connectivity index (χ1v) is 5.71. The Morgan fingerprint density at radius 2 is 1.89 bits per heavy atom. The first-order valence-electron chi connectivity index (χ1n) is 5.71. The van der Waals surface area contributed by atoms with E-state index in [1.54, 1.807) is 24.3 Å². The van der Waals surface area contributed by atoms with Crippen LogP contribution in [0, 0.1) is 0 Å². The molecule has 0 bridgehead atoms. The van der Waals surface area contributed by atoms with Gasteiger partial charge in [-0.2, -0.15) is 0 Å². The standard InChI is InChI=1S/C12H18F2N2O2/c13-12(14)9-16(5-7-17)6-8-18-11-3-1-10(15)2-4-11/h1-4,12,17H,5-9,15H2. The molecule has 0 saturated heterocycles. The molecule has 1 aromatic rings. The van der Waals surface area contributed by atoms with Gasteiger partial charge in [-0.15, -0.1) is 0 Å². The van der Waals surface area contributed by atoms with Gasteiger partial charge >= 0.3 is 0 Å². The van der Waals surface area contributed by atoms with Gasteiger partial charge in [0.15, 0.2) is 0 Å². The van der Waals surface area contributed by atoms with Crippen molar-refractivity contribution in [3.05, 3.63) is 24.3 Å². The van der Waals surface area contributed by atoms with Gasteiger partial charge in [0, 0.05) is 18.8 Å². The molecule has 0 aliphatic rings. The molecule has 4 nitrogen and oxygen atoms in total. The summed E-state index contributed by atoms with van der Waals surface area (Å²) in [6, 6.07) is 6.86. The van der Waals surface area contributed by atoms with Crippen LogP contribution in [0.15, 0.2) is 24.3 Å². The Balaban J connectivity index is 2.31. The third-order valence-electron chi connectivity index (χ3n) is 2.37. The maximum atomic E-state index is 12.2. The van der Waals surface area contributed by atoms with Crippen molar-refractivity contribution in [1.82, 2.24) is 4.90 Å². The largest absolute Gasteiger partial charge is 0.492 e. The van der Waals surface area contributed by atoms with E-state index in [1.165, 1.54) is 4.90 Å². The molecule has 0 fully saturated rings. The van der Waals surface area contributed by atoms with Crippen LogP contribution in [-0.2, 0) is 0 Å². The summed E-state index contributed by atoms with van der Waals surface area (Å²) in [4.78, 5) is 1.46. The Kier molecular flexibility index (Phi) is 6.38. The summed E-state index contributed by atoms with van der Waals surface area (Å²) >= 11 is 0. The van der Waals surface area contributed by atoms with E-state index in [1.807, 2.05) is 0 Å². The second-order valence-electron chi connectivity index (χ2n) is 3.83. The second-order valence-corrected chi connectivity index (χ2v) is 3.83. The Labute approximate surface area is 105 Å². The van der Waals surface area contributed by atoms with Gasteiger partial charge in [-0.25, -0.2) is 8.78 Å². The molecule has 0 aromatic heterocycles. The van der Waals surface area contributed by atoms with E-state index in [0.29, 0.717) is 18.0 Å². The molecule has 0 saturated carbocycles. The molecule has 3 N–H and O–H groups in total. The smallest absolute Gasteiger partial charge is 0.251 e. The van der Waals surface area contributed by atoms with Crippen LogP contribution in [-0.4, -0.2) is 49.3 Å². The number of benzene rings is 1. The average molecular weight is 260 g/mol. The van der Waals surface area contributed by atoms with Gasteiger partial charge in [0.2, 0.25) is 0 Å². The van der Waals surface area contributed by atoms with Gasteiger partial charge in [-0.3, -0.25) is 4.90 Å². The first-order chi connectivity index (χ1) is 8.61. The quantitative estimate of drug-likeness (QED) is 0.690. The molecule has 102 valence electrons. The molecule has 0 heterocycles. The van der Waals surface area contributed by atoms with E-state index in [4.69, 9.17) is 15.6 Å². The van der Waals surface area contributed by atoms with Gasteiger partial charge in [0.25, 0.3) is 6.43 Å². The van der Waals surface area contributed by atoms with Gasteiger partial charge in [-0.1, -0.05) is 0 Å². The minimum absolute atomic E-state index is 0.144. The van der Waals surface area contributed by atoms with E-state index in [-0.39, 0.29) is 26.3 Å². The van der Waals surface area contributed by atoms with E-state index >= 15 is 0 Å². The van der Waals surface area contributed by atoms with Crippen molar-refractivity contribution >= 4 is 5.69 Å². The molecule has 0 unspecified atom stereocenters. The Bertz CT molecular complexity index is 333. The molecule has 6 heteroatoms. The molecule has 0 aliphatic carbocycles. The monoisotopic (exact) mass is 260 g/mol. The Hall–Kier alpha value is -1.40. The molecular formula is C12H18F2N2O2. The summed E-state index contributed by atoms with van der Waals surface area (Å²) in [6.45, 7) is 0.349. The number of hydrogen-bond acceptors (Lipinski definition) is 4. The summed E-state index contributed by atoms with van der Waals surface area (Å²) in [5.74, 6) is 0.644. The van der Waals surface area contributed by atoms with Crippen LogP contribution in [0.4, 0.5) is 14.5 Å². The van der Waals surface area contributed by atoms with Crippen molar-refractivity contribution in [3.63, 3.8) is 0 Å². The van der Waals surface area contributed by atoms with Gasteiger partial charge in [0.1, 0.15) is 12.4 Å². The number of halogens is 2. The highest BCUT2D eigenvalue weighted by Crippen LogP contribution is 2.12. The van der Waals surface area contributed by atoms with Crippen LogP contribution in [0.3, 0.4) is 0 Å². The van der Waals surface area contributed by atoms with Gasteiger partial charge in [-0.05, 0) is 24.3 Å². The normalized spacial score (nSPS) is 11.2. The fourth-order valence-electron chi connectivity index (χ4n) is 1.49. The van der Waals surface area contributed by atoms with Crippen molar-refractivity contribution in [2.45, 2.75) is 6.43 Å². The fraction of sp³-hybridized carbons (Fsp3) is 0.500. The lowest BCUT2D eigenvalue weighted by Gasteiger charge is -2.20. The first kappa shape index (κ1) is 14.7. The van der Waals surface area contributed by atoms with E-state index in [9.17, 15) is 8.78 Å². The third-order valence-corrected chi connectivity index (χ3v) is 2.37. The lowest BCUT2D eigenvalue weighted by Crippen LogP contribution is -2.35. The molecule has 0 aliphatic heterocycles. The van der Waals surface area contributed by atoms with Crippen molar-refractivity contribution in [1.29, 1.82) is 0 Å². The molecule has 1 aromatic carbocycles. The zero-order chi connectivity index (χ0) is 13.4. The zero-order valence-corrected chi connectivity index (χ0v) is 10.1. The summed E-state index contributed by atoms with van der Waals surface area (Å²) in [7, 11) is 0. The number of nitrogens with zero attached hydrogens (tertiary/aromatic N) is 1. The number of nitrogen functional groups attached to an aromatic ring is 1. The maximum Gasteiger partial charge on any atom is 0.251 e. The predicted molar refractivity (Wildman–Crippen MR) is 65.9 cm³/mol. The predicted octanol–water partition coefficient (Wildman–Crippen LogP) is 1.21. The number of ether oxygens (including phenoxy) is 1. The number of anilines is 1. The maximum absolute atomic E-state index is 12.2. The fourth-order valence-corrected chi connectivity index (χ4v) is 1.49. The van der Waals surface area contributed by atoms with E-state index in [0.717, 1.165) is 0 Å². The summed E-state index contributed by atoms with van der Waals surface area (Å²) in [5.41, 5.74) is 6.16. The Morgan fingerprint density at radius 3 is 2.44 bits per heavy atom. The van der Waals surface area contributed by atoms with Gasteiger partial charge < -0.3 is 15.6 Å². The van der Waals surface area contributed by atoms with Crippen LogP contribution < -0.4 is 10.5 Å². The number of alkyl halides is 2. The minimum atomic E-state index is -2.41. The lowest BCUT2D eigenvalue weighted by molar-refractivity contribution is 0.0709.